The molecule has 2 N–H and O–H groups in total. The summed E-state index contributed by atoms with van der Waals surface area (Å²) < 4.78 is 23.0. The second kappa shape index (κ2) is 3.41. The Hall–Kier alpha value is -0.690. The normalized spacial score (nSPS) is 24.5. The molecule has 0 spiro atoms. The molecule has 1 rings (SSSR count). The number of nitrogens with two attached hydrogens (primary N) is 1. The lowest BCUT2D eigenvalue weighted by Gasteiger charge is -2.46. The van der Waals surface area contributed by atoms with Crippen molar-refractivity contribution in [1.29, 1.82) is 0 Å². The molecular weight excluding hydrogens is 236 g/mol. The predicted octanol–water partition coefficient (Wildman–Crippen LogP) is 0.00170. The Morgan fingerprint density at radius 3 is 2.33 bits per heavy atom. The molecule has 0 bridgehead atoms. The van der Waals surface area contributed by atoms with Crippen LogP contribution in [-0.4, -0.2) is 34.4 Å². The van der Waals surface area contributed by atoms with Crippen LogP contribution in [0.3, 0.4) is 0 Å². The lowest BCUT2D eigenvalue weighted by atomic mass is 10.1. The first-order chi connectivity index (χ1) is 6.67. The number of rotatable bonds is 3. The molecule has 0 aliphatic carbocycles. The van der Waals surface area contributed by atoms with Gasteiger partial charge in [0.15, 0.2) is 4.75 Å². The lowest BCUT2D eigenvalue weighted by molar-refractivity contribution is -0.133. The first-order valence-corrected chi connectivity index (χ1v) is 6.40. The summed E-state index contributed by atoms with van der Waals surface area (Å²) in [5.41, 5.74) is 5.40. The number of thiocarbonyl (C=S) groups is 1. The molecule has 0 aromatic rings. The zero-order valence-electron chi connectivity index (χ0n) is 8.85. The zero-order chi connectivity index (χ0) is 12.0. The van der Waals surface area contributed by atoms with Crippen molar-refractivity contribution in [1.82, 2.24) is 4.31 Å². The summed E-state index contributed by atoms with van der Waals surface area (Å²) >= 11 is 4.74. The number of amides is 1. The van der Waals surface area contributed by atoms with E-state index >= 15 is 0 Å². The van der Waals surface area contributed by atoms with E-state index in [0.29, 0.717) is 6.42 Å². The molecule has 7 heteroatoms. The number of nitrogens with zero attached hydrogens (tertiary/aromatic N) is 1. The fraction of sp³-hybridized carbons (Fsp3) is 0.750. The van der Waals surface area contributed by atoms with E-state index in [9.17, 15) is 13.2 Å². The van der Waals surface area contributed by atoms with Crippen LogP contribution in [0.5, 0.6) is 0 Å². The van der Waals surface area contributed by atoms with Gasteiger partial charge in [0.25, 0.3) is 15.9 Å². The minimum Gasteiger partial charge on any atom is -0.392 e. The van der Waals surface area contributed by atoms with Gasteiger partial charge < -0.3 is 5.73 Å². The van der Waals surface area contributed by atoms with Crippen molar-refractivity contribution in [3.63, 3.8) is 0 Å². The summed E-state index contributed by atoms with van der Waals surface area (Å²) in [5.74, 6) is -0.442. The van der Waals surface area contributed by atoms with E-state index in [1.807, 2.05) is 0 Å². The van der Waals surface area contributed by atoms with Crippen molar-refractivity contribution < 1.29 is 13.2 Å². The third kappa shape index (κ3) is 1.45. The van der Waals surface area contributed by atoms with Gasteiger partial charge in [-0.05, 0) is 20.3 Å². The Labute approximate surface area is 94.7 Å². The molecule has 5 nitrogen and oxygen atoms in total. The standard InChI is InChI=1S/C8H14N2O3S2/c1-4-5(6(9)14)10-7(11)8(2,3)15(10,12)13/h5H,4H2,1-3H3,(H2,9,14). The van der Waals surface area contributed by atoms with E-state index in [1.54, 1.807) is 6.92 Å². The molecule has 1 saturated heterocycles. The third-order valence-corrected chi connectivity index (χ3v) is 5.29. The highest BCUT2D eigenvalue weighted by atomic mass is 32.2. The largest absolute Gasteiger partial charge is 0.392 e. The van der Waals surface area contributed by atoms with E-state index in [-0.39, 0.29) is 4.99 Å². The van der Waals surface area contributed by atoms with Crippen molar-refractivity contribution in [3.8, 4) is 0 Å². The summed E-state index contributed by atoms with van der Waals surface area (Å²) in [5, 5.41) is 0. The number of carbonyl (C=O) groups excluding carboxylic acids is 1. The molecule has 86 valence electrons. The smallest absolute Gasteiger partial charge is 0.259 e. The van der Waals surface area contributed by atoms with Gasteiger partial charge in [-0.25, -0.2) is 12.7 Å². The van der Waals surface area contributed by atoms with Crippen molar-refractivity contribution >= 4 is 33.1 Å². The van der Waals surface area contributed by atoms with Gasteiger partial charge in [0.05, 0.1) is 11.0 Å². The van der Waals surface area contributed by atoms with Gasteiger partial charge >= 0.3 is 0 Å². The zero-order valence-corrected chi connectivity index (χ0v) is 10.5. The van der Waals surface area contributed by atoms with Gasteiger partial charge in [0.1, 0.15) is 0 Å². The Kier molecular flexibility index (Phi) is 2.82. The molecule has 0 saturated carbocycles. The molecule has 1 unspecified atom stereocenters. The molecule has 15 heavy (non-hydrogen) atoms. The van der Waals surface area contributed by atoms with Crippen LogP contribution in [0.15, 0.2) is 0 Å². The van der Waals surface area contributed by atoms with Crippen LogP contribution in [0.1, 0.15) is 27.2 Å². The van der Waals surface area contributed by atoms with Crippen LogP contribution in [-0.2, 0) is 14.8 Å². The van der Waals surface area contributed by atoms with E-state index < -0.39 is 26.7 Å². The van der Waals surface area contributed by atoms with Crippen LogP contribution < -0.4 is 5.73 Å². The Morgan fingerprint density at radius 1 is 1.60 bits per heavy atom. The molecule has 1 atom stereocenters. The van der Waals surface area contributed by atoms with Gasteiger partial charge in [-0.15, -0.1) is 0 Å². The topological polar surface area (TPSA) is 80.5 Å². The second-order valence-electron chi connectivity index (χ2n) is 3.94. The number of sulfonamides is 1. The summed E-state index contributed by atoms with van der Waals surface area (Å²) in [6.45, 7) is 4.50. The maximum Gasteiger partial charge on any atom is 0.259 e. The number of hydrogen-bond acceptors (Lipinski definition) is 4. The van der Waals surface area contributed by atoms with Crippen molar-refractivity contribution in [2.24, 2.45) is 5.73 Å². The number of carbonyl (C=O) groups is 1. The minimum absolute atomic E-state index is 0.0323. The lowest BCUT2D eigenvalue weighted by Crippen LogP contribution is -2.71. The average Bonchev–Trinajstić information content (AvgIpc) is 2.11. The Balaban J connectivity index is 3.12. The third-order valence-electron chi connectivity index (χ3n) is 2.62. The number of hydrogen-bond donors (Lipinski definition) is 1. The molecule has 0 aromatic carbocycles. The van der Waals surface area contributed by atoms with Crippen molar-refractivity contribution in [3.05, 3.63) is 0 Å². The maximum absolute atomic E-state index is 11.8. The quantitative estimate of drug-likeness (QED) is 0.713. The SMILES string of the molecule is CCC(C(N)=S)N1C(=O)C(C)(C)S1(=O)=O. The molecular formula is C8H14N2O3S2. The fourth-order valence-corrected chi connectivity index (χ4v) is 3.54. The van der Waals surface area contributed by atoms with Gasteiger partial charge in [-0.1, -0.05) is 19.1 Å². The summed E-state index contributed by atoms with van der Waals surface area (Å²) in [4.78, 5) is 11.7. The molecule has 0 aromatic heterocycles. The van der Waals surface area contributed by atoms with E-state index in [4.69, 9.17) is 18.0 Å². The van der Waals surface area contributed by atoms with Gasteiger partial charge in [0, 0.05) is 0 Å². The summed E-state index contributed by atoms with van der Waals surface area (Å²) in [6, 6.07) is -0.689. The molecule has 1 fully saturated rings. The molecule has 1 aliphatic rings. The van der Waals surface area contributed by atoms with E-state index in [2.05, 4.69) is 0 Å². The predicted molar refractivity (Wildman–Crippen MR) is 60.7 cm³/mol. The van der Waals surface area contributed by atoms with Crippen LogP contribution in [0, 0.1) is 0 Å². The first-order valence-electron chi connectivity index (χ1n) is 4.55. The Bertz CT molecular complexity index is 414. The summed E-state index contributed by atoms with van der Waals surface area (Å²) in [6.07, 6.45) is 0.399. The van der Waals surface area contributed by atoms with Crippen LogP contribution >= 0.6 is 12.2 Å². The highest BCUT2D eigenvalue weighted by Crippen LogP contribution is 2.37. The highest BCUT2D eigenvalue weighted by Gasteiger charge is 2.62. The van der Waals surface area contributed by atoms with Crippen LogP contribution in [0.4, 0.5) is 0 Å². The van der Waals surface area contributed by atoms with Gasteiger partial charge in [-0.2, -0.15) is 0 Å². The first kappa shape index (κ1) is 12.4. The summed E-state index contributed by atoms with van der Waals surface area (Å²) in [7, 11) is -3.59. The fourth-order valence-electron chi connectivity index (χ4n) is 1.48. The van der Waals surface area contributed by atoms with Crippen LogP contribution in [0.2, 0.25) is 0 Å². The van der Waals surface area contributed by atoms with Crippen molar-refractivity contribution in [2.75, 3.05) is 0 Å². The molecule has 1 heterocycles. The van der Waals surface area contributed by atoms with E-state index in [1.165, 1.54) is 13.8 Å². The van der Waals surface area contributed by atoms with Crippen molar-refractivity contribution in [2.45, 2.75) is 38.0 Å². The minimum atomic E-state index is -3.59. The maximum atomic E-state index is 11.8. The van der Waals surface area contributed by atoms with Gasteiger partial charge in [-0.3, -0.25) is 4.79 Å². The average molecular weight is 250 g/mol. The highest BCUT2D eigenvalue weighted by molar-refractivity contribution is 7.94. The van der Waals surface area contributed by atoms with Gasteiger partial charge in [0.2, 0.25) is 0 Å². The Morgan fingerprint density at radius 2 is 2.07 bits per heavy atom. The van der Waals surface area contributed by atoms with E-state index in [0.717, 1.165) is 4.31 Å². The monoisotopic (exact) mass is 250 g/mol. The van der Waals surface area contributed by atoms with Crippen LogP contribution in [0.25, 0.3) is 0 Å². The molecule has 0 radical (unpaired) electrons. The molecule has 1 aliphatic heterocycles. The second-order valence-corrected chi connectivity index (χ2v) is 6.78. The molecule has 1 amide bonds.